The van der Waals surface area contributed by atoms with Crippen LogP contribution in [0, 0.1) is 0 Å². The molecule has 11 heavy (non-hydrogen) atoms. The topological polar surface area (TPSA) is 0 Å². The Hall–Kier alpha value is 1.02. The molecule has 0 nitrogen and oxygen atoms in total. The molecule has 0 aromatic rings. The number of unbranched alkanes of at least 4 members (excludes halogenated alkanes) is 1. The van der Waals surface area contributed by atoms with E-state index in [0.29, 0.717) is 0 Å². The monoisotopic (exact) mass is 280 g/mol. The predicted molar refractivity (Wildman–Crippen MR) is 60.5 cm³/mol. The van der Waals surface area contributed by atoms with Crippen molar-refractivity contribution in [1.82, 2.24) is 0 Å². The molecule has 0 saturated carbocycles. The summed E-state index contributed by atoms with van der Waals surface area (Å²) in [7, 11) is 0.103. The Balaban J connectivity index is 0. The summed E-state index contributed by atoms with van der Waals surface area (Å²) in [5.74, 6) is 0. The molecule has 0 spiro atoms. The zero-order valence-corrected chi connectivity index (χ0v) is 13.0. The first-order valence-corrected chi connectivity index (χ1v) is 15.8. The molecule has 0 aliphatic rings. The maximum absolute atomic E-state index is 2.38. The summed E-state index contributed by atoms with van der Waals surface area (Å²) in [5.41, 5.74) is 0. The van der Waals surface area contributed by atoms with Gasteiger partial charge in [-0.25, -0.2) is 0 Å². The molecule has 0 unspecified atom stereocenters. The van der Waals surface area contributed by atoms with Gasteiger partial charge in [0.2, 0.25) is 0 Å². The molecule has 2 radical (unpaired) electrons. The molecule has 68 valence electrons. The first-order valence-electron chi connectivity index (χ1n) is 4.56. The molecule has 0 bridgehead atoms. The van der Waals surface area contributed by atoms with Crippen molar-refractivity contribution < 1.29 is 0 Å². The van der Waals surface area contributed by atoms with Gasteiger partial charge in [0.15, 0.2) is 0 Å². The number of rotatable bonds is 3. The van der Waals surface area contributed by atoms with Gasteiger partial charge in [-0.1, -0.05) is 38.9 Å². The van der Waals surface area contributed by atoms with Crippen LogP contribution in [-0.4, -0.2) is 28.6 Å². The third-order valence-electron chi connectivity index (χ3n) is 1.03. The summed E-state index contributed by atoms with van der Waals surface area (Å²) < 4.78 is 0. The van der Waals surface area contributed by atoms with E-state index in [4.69, 9.17) is 0 Å². The second kappa shape index (κ2) is 11.0. The molecular weight excluding hydrogens is 255 g/mol. The SMILES string of the molecule is CCCC[Si](C)C.[CH3][Sn]([CH3])[CH3]. The van der Waals surface area contributed by atoms with Gasteiger partial charge in [-0.3, -0.25) is 0 Å². The fourth-order valence-corrected chi connectivity index (χ4v) is 1.59. The summed E-state index contributed by atoms with van der Waals surface area (Å²) >= 11 is -0.543. The quantitative estimate of drug-likeness (QED) is 0.687. The van der Waals surface area contributed by atoms with Crippen molar-refractivity contribution in [2.24, 2.45) is 0 Å². The standard InChI is InChI=1S/C6H15Si.3CH3.Sn/c1-4-5-6-7(2)3;;;;/h4-6H2,1-3H3;3*1H3;. The van der Waals surface area contributed by atoms with Crippen LogP contribution in [0.1, 0.15) is 19.8 Å². The first kappa shape index (κ1) is 14.5. The summed E-state index contributed by atoms with van der Waals surface area (Å²) in [6.45, 7) is 7.01. The maximum atomic E-state index is 2.38. The molecule has 0 aromatic heterocycles. The van der Waals surface area contributed by atoms with Gasteiger partial charge in [0.1, 0.15) is 0 Å². The summed E-state index contributed by atoms with van der Waals surface area (Å²) in [6.07, 6.45) is 2.82. The van der Waals surface area contributed by atoms with Gasteiger partial charge < -0.3 is 0 Å². The van der Waals surface area contributed by atoms with E-state index >= 15 is 0 Å². The van der Waals surface area contributed by atoms with Gasteiger partial charge in [0.25, 0.3) is 0 Å². The Labute approximate surface area is 82.1 Å². The molecule has 0 fully saturated rings. The zero-order chi connectivity index (χ0) is 9.28. The van der Waals surface area contributed by atoms with E-state index in [1.165, 1.54) is 18.9 Å². The van der Waals surface area contributed by atoms with Gasteiger partial charge in [-0.2, -0.15) is 0 Å². The second-order valence-corrected chi connectivity index (χ2v) is 15.3. The fourth-order valence-electron chi connectivity index (χ4n) is 0.530. The molecule has 0 aliphatic carbocycles. The summed E-state index contributed by atoms with van der Waals surface area (Å²) in [6, 6.07) is 1.50. The third-order valence-corrected chi connectivity index (χ3v) is 2.38. The van der Waals surface area contributed by atoms with Gasteiger partial charge in [-0.05, 0) is 0 Å². The van der Waals surface area contributed by atoms with E-state index in [0.717, 1.165) is 0 Å². The van der Waals surface area contributed by atoms with Crippen molar-refractivity contribution in [3.8, 4) is 0 Å². The van der Waals surface area contributed by atoms with E-state index in [9.17, 15) is 0 Å². The van der Waals surface area contributed by atoms with Crippen molar-refractivity contribution >= 4 is 28.6 Å². The molecule has 0 N–H and O–H groups in total. The summed E-state index contributed by atoms with van der Waals surface area (Å²) in [4.78, 5) is 7.09. The second-order valence-electron chi connectivity index (χ2n) is 3.81. The Morgan fingerprint density at radius 2 is 1.45 bits per heavy atom. The molecule has 0 amide bonds. The Morgan fingerprint density at radius 1 is 1.09 bits per heavy atom. The van der Waals surface area contributed by atoms with Crippen LogP contribution < -0.4 is 0 Å². The van der Waals surface area contributed by atoms with E-state index in [2.05, 4.69) is 34.8 Å². The van der Waals surface area contributed by atoms with E-state index < -0.39 is 19.8 Å². The minimum atomic E-state index is -0.543. The van der Waals surface area contributed by atoms with E-state index in [1.54, 1.807) is 0 Å². The van der Waals surface area contributed by atoms with Gasteiger partial charge in [0.05, 0.1) is 0 Å². The van der Waals surface area contributed by atoms with Gasteiger partial charge in [-0.15, -0.1) is 0 Å². The van der Waals surface area contributed by atoms with Gasteiger partial charge in [0, 0.05) is 8.80 Å². The van der Waals surface area contributed by atoms with Crippen LogP contribution in [0.2, 0.25) is 34.0 Å². The average molecular weight is 279 g/mol. The van der Waals surface area contributed by atoms with Crippen LogP contribution in [0.3, 0.4) is 0 Å². The van der Waals surface area contributed by atoms with Crippen LogP contribution in [0.25, 0.3) is 0 Å². The van der Waals surface area contributed by atoms with Crippen molar-refractivity contribution in [3.63, 3.8) is 0 Å². The molecule has 0 heterocycles. The average Bonchev–Trinajstić information content (AvgIpc) is 1.82. The third kappa shape index (κ3) is 35.6. The van der Waals surface area contributed by atoms with E-state index in [1.807, 2.05) is 0 Å². The fraction of sp³-hybridized carbons (Fsp3) is 1.00. The van der Waals surface area contributed by atoms with Crippen LogP contribution in [0.4, 0.5) is 0 Å². The van der Waals surface area contributed by atoms with Gasteiger partial charge >= 0.3 is 34.6 Å². The molecule has 0 aliphatic heterocycles. The van der Waals surface area contributed by atoms with Crippen LogP contribution in [0.15, 0.2) is 0 Å². The Kier molecular flexibility index (Phi) is 14.6. The molecular formula is C9H24SiSn. The molecule has 0 aromatic carbocycles. The zero-order valence-electron chi connectivity index (χ0n) is 9.12. The minimum absolute atomic E-state index is 0.103. The Morgan fingerprint density at radius 3 is 1.55 bits per heavy atom. The summed E-state index contributed by atoms with van der Waals surface area (Å²) in [5, 5.41) is 0. The van der Waals surface area contributed by atoms with Crippen LogP contribution >= 0.6 is 0 Å². The number of hydrogen-bond donors (Lipinski definition) is 0. The number of hydrogen-bond acceptors (Lipinski definition) is 0. The van der Waals surface area contributed by atoms with Crippen molar-refractivity contribution in [2.45, 2.75) is 53.7 Å². The molecule has 2 heteroatoms. The molecule has 0 saturated heterocycles. The van der Waals surface area contributed by atoms with Crippen LogP contribution in [0.5, 0.6) is 0 Å². The van der Waals surface area contributed by atoms with Crippen molar-refractivity contribution in [1.29, 1.82) is 0 Å². The van der Waals surface area contributed by atoms with E-state index in [-0.39, 0.29) is 8.80 Å². The Bertz CT molecular complexity index is 59.8. The first-order chi connectivity index (χ1) is 5.00. The molecule has 0 rings (SSSR count). The van der Waals surface area contributed by atoms with Crippen molar-refractivity contribution in [3.05, 3.63) is 0 Å². The van der Waals surface area contributed by atoms with Crippen LogP contribution in [-0.2, 0) is 0 Å². The normalized spacial score (nSPS) is 9.82. The predicted octanol–water partition coefficient (Wildman–Crippen LogP) is 3.91. The molecule has 0 atom stereocenters. The van der Waals surface area contributed by atoms with Crippen molar-refractivity contribution in [2.75, 3.05) is 0 Å².